The van der Waals surface area contributed by atoms with E-state index >= 15 is 0 Å². The standard InChI is InChI=1S/C27H33N3O7/c1-2-15-28(20(31)13-14-23(34)37-30-21(32)11-12-22(30)33)16-5-3-4-6-17-29-26(35)24-18-7-8-19(10-9-18)25(24)27(29)36/h1,7-8,18-19,24-25H,3-6,9-17H2/t18?,19?,24-,25+. The van der Waals surface area contributed by atoms with Crippen LogP contribution in [0.3, 0.4) is 0 Å². The van der Waals surface area contributed by atoms with E-state index in [1.807, 2.05) is 0 Å². The summed E-state index contributed by atoms with van der Waals surface area (Å²) in [6.07, 6.45) is 14.2. The van der Waals surface area contributed by atoms with Gasteiger partial charge in [-0.1, -0.05) is 30.9 Å². The van der Waals surface area contributed by atoms with Crippen LogP contribution in [0.25, 0.3) is 0 Å². The average molecular weight is 512 g/mol. The molecule has 0 aromatic rings. The van der Waals surface area contributed by atoms with Crippen LogP contribution in [0.1, 0.15) is 64.2 Å². The van der Waals surface area contributed by atoms with Gasteiger partial charge in [0.25, 0.3) is 11.8 Å². The molecule has 2 aliphatic heterocycles. The number of rotatable bonds is 12. The molecule has 0 spiro atoms. The molecule has 3 aliphatic carbocycles. The van der Waals surface area contributed by atoms with E-state index in [-0.39, 0.29) is 73.6 Å². The van der Waals surface area contributed by atoms with Crippen LogP contribution in [0.5, 0.6) is 0 Å². The van der Waals surface area contributed by atoms with Crippen molar-refractivity contribution in [1.29, 1.82) is 0 Å². The Balaban J connectivity index is 1.13. The zero-order chi connectivity index (χ0) is 26.5. The first-order valence-corrected chi connectivity index (χ1v) is 13.1. The highest BCUT2D eigenvalue weighted by Gasteiger charge is 2.56. The number of amides is 5. The van der Waals surface area contributed by atoms with Gasteiger partial charge in [-0.2, -0.15) is 0 Å². The highest BCUT2D eigenvalue weighted by molar-refractivity contribution is 6.06. The largest absolute Gasteiger partial charge is 0.333 e. The van der Waals surface area contributed by atoms with Crippen molar-refractivity contribution in [2.24, 2.45) is 23.7 Å². The third-order valence-corrected chi connectivity index (χ3v) is 7.79. The highest BCUT2D eigenvalue weighted by atomic mass is 16.7. The van der Waals surface area contributed by atoms with Crippen molar-refractivity contribution in [3.63, 3.8) is 0 Å². The second-order valence-corrected chi connectivity index (χ2v) is 10.1. The topological polar surface area (TPSA) is 121 Å². The first kappa shape index (κ1) is 26.6. The van der Waals surface area contributed by atoms with Crippen LogP contribution in [-0.4, -0.2) is 70.0 Å². The Kier molecular flexibility index (Phi) is 8.41. The summed E-state index contributed by atoms with van der Waals surface area (Å²) in [6, 6.07) is 0. The van der Waals surface area contributed by atoms with Crippen LogP contribution in [-0.2, 0) is 33.6 Å². The van der Waals surface area contributed by atoms with E-state index in [0.717, 1.165) is 25.7 Å². The number of hydroxylamine groups is 2. The second kappa shape index (κ2) is 11.7. The Morgan fingerprint density at radius 1 is 0.919 bits per heavy atom. The number of hydrogen-bond donors (Lipinski definition) is 0. The summed E-state index contributed by atoms with van der Waals surface area (Å²) in [5.41, 5.74) is 0. The Morgan fingerprint density at radius 3 is 2.08 bits per heavy atom. The fourth-order valence-electron chi connectivity index (χ4n) is 5.86. The molecule has 198 valence electrons. The molecule has 0 radical (unpaired) electrons. The lowest BCUT2D eigenvalue weighted by molar-refractivity contribution is -0.197. The number of imide groups is 2. The van der Waals surface area contributed by atoms with E-state index in [1.165, 1.54) is 9.80 Å². The lowest BCUT2D eigenvalue weighted by atomic mass is 9.63. The number of hydrogen-bond acceptors (Lipinski definition) is 7. The minimum Gasteiger partial charge on any atom is -0.332 e. The molecule has 0 aromatic heterocycles. The zero-order valence-corrected chi connectivity index (χ0v) is 20.9. The maximum atomic E-state index is 12.9. The lowest BCUT2D eigenvalue weighted by Crippen LogP contribution is -2.38. The van der Waals surface area contributed by atoms with Gasteiger partial charge in [-0.3, -0.25) is 28.9 Å². The average Bonchev–Trinajstić information content (AvgIpc) is 3.36. The third-order valence-electron chi connectivity index (χ3n) is 7.79. The summed E-state index contributed by atoms with van der Waals surface area (Å²) in [7, 11) is 0. The van der Waals surface area contributed by atoms with Gasteiger partial charge in [0.2, 0.25) is 17.7 Å². The molecule has 4 atom stereocenters. The molecule has 37 heavy (non-hydrogen) atoms. The number of carbonyl (C=O) groups is 6. The number of terminal acetylenes is 1. The molecule has 3 fully saturated rings. The van der Waals surface area contributed by atoms with Crippen LogP contribution in [0.15, 0.2) is 12.2 Å². The van der Waals surface area contributed by atoms with Gasteiger partial charge in [0.15, 0.2) is 0 Å². The predicted octanol–water partition coefficient (Wildman–Crippen LogP) is 1.59. The van der Waals surface area contributed by atoms with Crippen molar-refractivity contribution >= 4 is 35.5 Å². The van der Waals surface area contributed by atoms with Crippen LogP contribution in [0.4, 0.5) is 0 Å². The predicted molar refractivity (Wildman–Crippen MR) is 129 cm³/mol. The van der Waals surface area contributed by atoms with Crippen molar-refractivity contribution in [2.45, 2.75) is 64.2 Å². The van der Waals surface area contributed by atoms with E-state index in [4.69, 9.17) is 11.3 Å². The summed E-state index contributed by atoms with van der Waals surface area (Å²) >= 11 is 0. The molecule has 2 bridgehead atoms. The molecule has 5 aliphatic rings. The van der Waals surface area contributed by atoms with E-state index in [2.05, 4.69) is 18.1 Å². The Morgan fingerprint density at radius 2 is 1.51 bits per heavy atom. The molecular formula is C27H33N3O7. The van der Waals surface area contributed by atoms with Crippen LogP contribution in [0, 0.1) is 36.0 Å². The number of unbranched alkanes of at least 4 members (excludes halogenated alkanes) is 3. The molecule has 10 heteroatoms. The lowest BCUT2D eigenvalue weighted by Gasteiger charge is -2.38. The van der Waals surface area contributed by atoms with E-state index in [9.17, 15) is 28.8 Å². The molecule has 1 saturated carbocycles. The molecule has 2 heterocycles. The molecule has 2 unspecified atom stereocenters. The molecule has 0 N–H and O–H groups in total. The molecule has 5 amide bonds. The smallest absolute Gasteiger partial charge is 0.332 e. The van der Waals surface area contributed by atoms with Crippen molar-refractivity contribution in [3.8, 4) is 12.3 Å². The van der Waals surface area contributed by atoms with Crippen molar-refractivity contribution in [3.05, 3.63) is 12.2 Å². The Hall–Kier alpha value is -3.48. The number of allylic oxidation sites excluding steroid dienone is 2. The first-order valence-electron chi connectivity index (χ1n) is 13.1. The summed E-state index contributed by atoms with van der Waals surface area (Å²) in [6.45, 7) is 0.954. The van der Waals surface area contributed by atoms with E-state index in [1.54, 1.807) is 0 Å². The van der Waals surface area contributed by atoms with Gasteiger partial charge in [-0.05, 0) is 37.5 Å². The highest BCUT2D eigenvalue weighted by Crippen LogP contribution is 2.49. The maximum Gasteiger partial charge on any atom is 0.333 e. The van der Waals surface area contributed by atoms with Crippen molar-refractivity contribution < 1.29 is 33.6 Å². The minimum atomic E-state index is -0.827. The number of likely N-dealkylation sites (tertiary alicyclic amines) is 1. The van der Waals surface area contributed by atoms with Gasteiger partial charge in [0.05, 0.1) is 24.8 Å². The van der Waals surface area contributed by atoms with Gasteiger partial charge in [-0.15, -0.1) is 11.5 Å². The molecular weight excluding hydrogens is 478 g/mol. The van der Waals surface area contributed by atoms with E-state index in [0.29, 0.717) is 31.0 Å². The molecule has 5 rings (SSSR count). The van der Waals surface area contributed by atoms with Gasteiger partial charge in [-0.25, -0.2) is 4.79 Å². The second-order valence-electron chi connectivity index (χ2n) is 10.1. The number of carbonyl (C=O) groups excluding carboxylic acids is 6. The summed E-state index contributed by atoms with van der Waals surface area (Å²) in [4.78, 5) is 81.0. The molecule has 2 saturated heterocycles. The Bertz CT molecular complexity index is 997. The van der Waals surface area contributed by atoms with E-state index < -0.39 is 17.8 Å². The van der Waals surface area contributed by atoms with Gasteiger partial charge in [0, 0.05) is 32.4 Å². The Labute approximate surface area is 216 Å². The monoisotopic (exact) mass is 511 g/mol. The molecule has 10 nitrogen and oxygen atoms in total. The van der Waals surface area contributed by atoms with Gasteiger partial charge in [0.1, 0.15) is 0 Å². The molecule has 0 aromatic carbocycles. The number of nitrogens with zero attached hydrogens (tertiary/aromatic N) is 3. The number of fused-ring (bicyclic) bond motifs is 1. The normalized spacial score (nSPS) is 26.0. The fourth-order valence-corrected chi connectivity index (χ4v) is 5.86. The fraction of sp³-hybridized carbons (Fsp3) is 0.630. The third kappa shape index (κ3) is 5.76. The summed E-state index contributed by atoms with van der Waals surface area (Å²) in [5.74, 6) is 0.184. The van der Waals surface area contributed by atoms with Crippen LogP contribution < -0.4 is 0 Å². The van der Waals surface area contributed by atoms with Crippen molar-refractivity contribution in [1.82, 2.24) is 14.9 Å². The first-order chi connectivity index (χ1) is 17.8. The van der Waals surface area contributed by atoms with Crippen LogP contribution >= 0.6 is 0 Å². The van der Waals surface area contributed by atoms with Gasteiger partial charge >= 0.3 is 5.97 Å². The SMILES string of the molecule is C#CCN(CCCCCCN1C(=O)[C@@H]2C3C=CC(CC3)[C@@H]2C1=O)C(=O)CCC(=O)ON1C(=O)CCC1=O. The van der Waals surface area contributed by atoms with Gasteiger partial charge < -0.3 is 9.74 Å². The van der Waals surface area contributed by atoms with Crippen molar-refractivity contribution in [2.75, 3.05) is 19.6 Å². The maximum absolute atomic E-state index is 12.9. The summed E-state index contributed by atoms with van der Waals surface area (Å²) < 4.78 is 0. The quantitative estimate of drug-likeness (QED) is 0.169. The zero-order valence-electron chi connectivity index (χ0n) is 20.9. The minimum absolute atomic E-state index is 0.00504. The summed E-state index contributed by atoms with van der Waals surface area (Å²) in [5, 5.41) is 0.463. The van der Waals surface area contributed by atoms with Crippen LogP contribution in [0.2, 0.25) is 0 Å².